The van der Waals surface area contributed by atoms with Gasteiger partial charge in [0.15, 0.2) is 0 Å². The molecule has 2 rings (SSSR count). The van der Waals surface area contributed by atoms with Crippen LogP contribution in [0.25, 0.3) is 0 Å². The molecule has 0 saturated heterocycles. The molecule has 2 nitrogen and oxygen atoms in total. The molecule has 0 spiro atoms. The van der Waals surface area contributed by atoms with E-state index in [1.54, 1.807) is 0 Å². The predicted octanol–water partition coefficient (Wildman–Crippen LogP) is 1.91. The van der Waals surface area contributed by atoms with Gasteiger partial charge in [-0.2, -0.15) is 5.10 Å². The highest BCUT2D eigenvalue weighted by Gasteiger charge is 2.31. The fraction of sp³-hybridized carbons (Fsp3) is 0.889. The maximum atomic E-state index is 4.37. The molecule has 11 heavy (non-hydrogen) atoms. The second-order valence-corrected chi connectivity index (χ2v) is 3.58. The van der Waals surface area contributed by atoms with Gasteiger partial charge >= 0.3 is 0 Å². The molecule has 1 saturated carbocycles. The topological polar surface area (TPSA) is 24.4 Å². The Bertz CT molecular complexity index is 174. The average Bonchev–Trinajstić information content (AvgIpc) is 2.47. The standard InChI is InChI=1S/C9H16N2/c1-2-8-7-5-3-4-6-9(7)11-10-8/h7,9,11H,2-6H2,1H3. The summed E-state index contributed by atoms with van der Waals surface area (Å²) in [7, 11) is 0. The van der Waals surface area contributed by atoms with Crippen molar-refractivity contribution in [1.82, 2.24) is 5.43 Å². The van der Waals surface area contributed by atoms with Gasteiger partial charge < -0.3 is 5.43 Å². The largest absolute Gasteiger partial charge is 0.306 e. The van der Waals surface area contributed by atoms with Crippen LogP contribution in [0.5, 0.6) is 0 Å². The Morgan fingerprint density at radius 1 is 1.45 bits per heavy atom. The predicted molar refractivity (Wildman–Crippen MR) is 46.6 cm³/mol. The van der Waals surface area contributed by atoms with E-state index in [1.165, 1.54) is 31.4 Å². The summed E-state index contributed by atoms with van der Waals surface area (Å²) in [5.41, 5.74) is 4.66. The van der Waals surface area contributed by atoms with Crippen molar-refractivity contribution in [2.45, 2.75) is 45.1 Å². The van der Waals surface area contributed by atoms with E-state index in [1.807, 2.05) is 0 Å². The quantitative estimate of drug-likeness (QED) is 0.610. The van der Waals surface area contributed by atoms with Gasteiger partial charge in [0, 0.05) is 11.6 Å². The lowest BCUT2D eigenvalue weighted by atomic mass is 9.82. The molecule has 1 aliphatic carbocycles. The Hall–Kier alpha value is -0.530. The lowest BCUT2D eigenvalue weighted by Crippen LogP contribution is -2.32. The van der Waals surface area contributed by atoms with E-state index >= 15 is 0 Å². The van der Waals surface area contributed by atoms with Crippen LogP contribution in [0, 0.1) is 5.92 Å². The van der Waals surface area contributed by atoms with Crippen LogP contribution in [0.2, 0.25) is 0 Å². The van der Waals surface area contributed by atoms with Gasteiger partial charge in [0.05, 0.1) is 6.04 Å². The van der Waals surface area contributed by atoms with Gasteiger partial charge in [-0.15, -0.1) is 0 Å². The number of hydrazone groups is 1. The van der Waals surface area contributed by atoms with Crippen molar-refractivity contribution >= 4 is 5.71 Å². The third-order valence-electron chi connectivity index (χ3n) is 2.93. The molecule has 1 aliphatic heterocycles. The minimum Gasteiger partial charge on any atom is -0.306 e. The second-order valence-electron chi connectivity index (χ2n) is 3.58. The normalized spacial score (nSPS) is 35.9. The van der Waals surface area contributed by atoms with Crippen molar-refractivity contribution in [1.29, 1.82) is 0 Å². The van der Waals surface area contributed by atoms with Crippen molar-refractivity contribution in [3.8, 4) is 0 Å². The Morgan fingerprint density at radius 3 is 3.09 bits per heavy atom. The Balaban J connectivity index is 2.05. The summed E-state index contributed by atoms with van der Waals surface area (Å²) in [6, 6.07) is 0.693. The van der Waals surface area contributed by atoms with Gasteiger partial charge in [0.1, 0.15) is 0 Å². The third kappa shape index (κ3) is 1.15. The highest BCUT2D eigenvalue weighted by molar-refractivity contribution is 5.88. The molecular formula is C9H16N2. The van der Waals surface area contributed by atoms with Crippen LogP contribution < -0.4 is 5.43 Å². The minimum atomic E-state index is 0.693. The van der Waals surface area contributed by atoms with Crippen LogP contribution in [0.1, 0.15) is 39.0 Å². The Morgan fingerprint density at radius 2 is 2.27 bits per heavy atom. The van der Waals surface area contributed by atoms with E-state index in [2.05, 4.69) is 17.5 Å². The highest BCUT2D eigenvalue weighted by atomic mass is 15.3. The van der Waals surface area contributed by atoms with E-state index < -0.39 is 0 Å². The Labute approximate surface area is 68.1 Å². The monoisotopic (exact) mass is 152 g/mol. The summed E-state index contributed by atoms with van der Waals surface area (Å²) in [4.78, 5) is 0. The number of rotatable bonds is 1. The van der Waals surface area contributed by atoms with Crippen molar-refractivity contribution in [2.24, 2.45) is 11.0 Å². The number of hydrogen-bond acceptors (Lipinski definition) is 2. The molecule has 0 radical (unpaired) electrons. The molecule has 1 heterocycles. The van der Waals surface area contributed by atoms with E-state index in [0.717, 1.165) is 12.3 Å². The van der Waals surface area contributed by atoms with Crippen LogP contribution in [0.3, 0.4) is 0 Å². The third-order valence-corrected chi connectivity index (χ3v) is 2.93. The van der Waals surface area contributed by atoms with Crippen LogP contribution >= 0.6 is 0 Å². The molecule has 0 aromatic rings. The smallest absolute Gasteiger partial charge is 0.0521 e. The molecule has 2 aliphatic rings. The van der Waals surface area contributed by atoms with Crippen LogP contribution in [-0.4, -0.2) is 11.8 Å². The first kappa shape index (κ1) is 7.14. The van der Waals surface area contributed by atoms with Crippen LogP contribution in [0.15, 0.2) is 5.10 Å². The number of nitrogens with one attached hydrogen (secondary N) is 1. The summed E-state index contributed by atoms with van der Waals surface area (Å²) >= 11 is 0. The molecule has 1 fully saturated rings. The summed E-state index contributed by atoms with van der Waals surface area (Å²) < 4.78 is 0. The summed E-state index contributed by atoms with van der Waals surface area (Å²) in [6.07, 6.45) is 6.62. The molecule has 2 unspecified atom stereocenters. The molecule has 0 aromatic carbocycles. The first-order valence-corrected chi connectivity index (χ1v) is 4.74. The maximum absolute atomic E-state index is 4.37. The molecule has 0 amide bonds. The maximum Gasteiger partial charge on any atom is 0.0521 e. The zero-order chi connectivity index (χ0) is 7.68. The lowest BCUT2D eigenvalue weighted by molar-refractivity contribution is 0.352. The summed E-state index contributed by atoms with van der Waals surface area (Å²) in [5, 5.41) is 4.37. The molecule has 62 valence electrons. The molecule has 1 N–H and O–H groups in total. The van der Waals surface area contributed by atoms with Crippen molar-refractivity contribution in [3.63, 3.8) is 0 Å². The number of hydrogen-bond donors (Lipinski definition) is 1. The first-order valence-electron chi connectivity index (χ1n) is 4.74. The summed E-state index contributed by atoms with van der Waals surface area (Å²) in [5.74, 6) is 0.786. The molecular weight excluding hydrogens is 136 g/mol. The zero-order valence-corrected chi connectivity index (χ0v) is 7.14. The van der Waals surface area contributed by atoms with Crippen LogP contribution in [0.4, 0.5) is 0 Å². The number of fused-ring (bicyclic) bond motifs is 1. The van der Waals surface area contributed by atoms with Crippen molar-refractivity contribution in [3.05, 3.63) is 0 Å². The molecule has 2 atom stereocenters. The molecule has 2 heteroatoms. The van der Waals surface area contributed by atoms with Gasteiger partial charge in [-0.3, -0.25) is 0 Å². The minimum absolute atomic E-state index is 0.693. The van der Waals surface area contributed by atoms with E-state index in [9.17, 15) is 0 Å². The fourth-order valence-electron chi connectivity index (χ4n) is 2.27. The average molecular weight is 152 g/mol. The van der Waals surface area contributed by atoms with Gasteiger partial charge in [0.25, 0.3) is 0 Å². The SMILES string of the molecule is CCC1=NNC2CCCCC12. The molecule has 0 bridgehead atoms. The van der Waals surface area contributed by atoms with Crippen molar-refractivity contribution in [2.75, 3.05) is 0 Å². The van der Waals surface area contributed by atoms with Gasteiger partial charge in [-0.05, 0) is 19.3 Å². The van der Waals surface area contributed by atoms with E-state index in [0.29, 0.717) is 6.04 Å². The van der Waals surface area contributed by atoms with Crippen molar-refractivity contribution < 1.29 is 0 Å². The zero-order valence-electron chi connectivity index (χ0n) is 7.14. The fourth-order valence-corrected chi connectivity index (χ4v) is 2.27. The second kappa shape index (κ2) is 2.84. The van der Waals surface area contributed by atoms with E-state index in [-0.39, 0.29) is 0 Å². The van der Waals surface area contributed by atoms with E-state index in [4.69, 9.17) is 0 Å². The van der Waals surface area contributed by atoms with Gasteiger partial charge in [-0.1, -0.05) is 19.8 Å². The lowest BCUT2D eigenvalue weighted by Gasteiger charge is -2.24. The number of nitrogens with zero attached hydrogens (tertiary/aromatic N) is 1. The Kier molecular flexibility index (Phi) is 1.84. The van der Waals surface area contributed by atoms with Crippen LogP contribution in [-0.2, 0) is 0 Å². The first-order chi connectivity index (χ1) is 5.42. The van der Waals surface area contributed by atoms with Gasteiger partial charge in [-0.25, -0.2) is 0 Å². The molecule has 0 aromatic heterocycles. The highest BCUT2D eigenvalue weighted by Crippen LogP contribution is 2.29. The summed E-state index contributed by atoms with van der Waals surface area (Å²) in [6.45, 7) is 2.21. The van der Waals surface area contributed by atoms with Gasteiger partial charge in [0.2, 0.25) is 0 Å².